The van der Waals surface area contributed by atoms with Crippen molar-refractivity contribution in [2.24, 2.45) is 0 Å². The van der Waals surface area contributed by atoms with Crippen LogP contribution in [0, 0.1) is 0 Å². The highest BCUT2D eigenvalue weighted by molar-refractivity contribution is 5.97. The number of benzene rings is 2. The van der Waals surface area contributed by atoms with E-state index in [4.69, 9.17) is 19.3 Å². The molecule has 1 aliphatic rings. The Morgan fingerprint density at radius 1 is 0.966 bits per heavy atom. The monoisotopic (exact) mass is 404 g/mol. The molecule has 2 aromatic rings. The summed E-state index contributed by atoms with van der Waals surface area (Å²) >= 11 is 0. The van der Waals surface area contributed by atoms with E-state index in [1.807, 2.05) is 30.3 Å². The van der Waals surface area contributed by atoms with Crippen molar-refractivity contribution >= 4 is 5.78 Å². The van der Waals surface area contributed by atoms with Gasteiger partial charge in [0.25, 0.3) is 0 Å². The summed E-state index contributed by atoms with van der Waals surface area (Å²) < 4.78 is 15.9. The molecule has 0 saturated carbocycles. The van der Waals surface area contributed by atoms with E-state index in [-0.39, 0.29) is 5.78 Å². The first kappa shape index (κ1) is 21.4. The van der Waals surface area contributed by atoms with Crippen molar-refractivity contribution in [2.75, 3.05) is 13.2 Å². The summed E-state index contributed by atoms with van der Waals surface area (Å²) in [7, 11) is 0. The maximum absolute atomic E-state index is 12.3. The van der Waals surface area contributed by atoms with Gasteiger partial charge in [0.05, 0.1) is 6.61 Å². The predicted octanol–water partition coefficient (Wildman–Crippen LogP) is 0.265. The third-order valence-electron chi connectivity index (χ3n) is 4.67. The summed E-state index contributed by atoms with van der Waals surface area (Å²) in [6.45, 7) is -0.589. The van der Waals surface area contributed by atoms with Gasteiger partial charge in [-0.05, 0) is 29.8 Å². The van der Waals surface area contributed by atoms with Crippen LogP contribution in [0.4, 0.5) is 0 Å². The molecule has 29 heavy (non-hydrogen) atoms. The zero-order valence-corrected chi connectivity index (χ0v) is 15.6. The Morgan fingerprint density at radius 2 is 1.66 bits per heavy atom. The van der Waals surface area contributed by atoms with E-state index in [0.29, 0.717) is 17.9 Å². The van der Waals surface area contributed by atoms with Crippen LogP contribution in [0.1, 0.15) is 15.9 Å². The zero-order chi connectivity index (χ0) is 20.8. The van der Waals surface area contributed by atoms with Gasteiger partial charge in [0.15, 0.2) is 12.1 Å². The lowest BCUT2D eigenvalue weighted by atomic mass is 9.99. The Morgan fingerprint density at radius 3 is 2.31 bits per heavy atom. The number of carbonyl (C=O) groups excluding carboxylic acids is 1. The molecule has 3 rings (SSSR count). The molecule has 8 nitrogen and oxygen atoms in total. The van der Waals surface area contributed by atoms with Crippen molar-refractivity contribution in [3.8, 4) is 5.75 Å². The molecular formula is C21H24O8. The van der Waals surface area contributed by atoms with Crippen molar-refractivity contribution < 1.29 is 39.4 Å². The number of ketones is 1. The minimum absolute atomic E-state index is 0.367. The quantitative estimate of drug-likeness (QED) is 0.462. The molecule has 1 aliphatic heterocycles. The maximum atomic E-state index is 12.3. The lowest BCUT2D eigenvalue weighted by Gasteiger charge is -2.39. The van der Waals surface area contributed by atoms with E-state index in [1.54, 1.807) is 24.3 Å². The molecule has 1 fully saturated rings. The maximum Gasteiger partial charge on any atom is 0.188 e. The predicted molar refractivity (Wildman–Crippen MR) is 101 cm³/mol. The second kappa shape index (κ2) is 9.93. The van der Waals surface area contributed by atoms with Gasteiger partial charge in [-0.15, -0.1) is 0 Å². The Kier molecular flexibility index (Phi) is 7.32. The van der Waals surface area contributed by atoms with Crippen LogP contribution in [0.5, 0.6) is 5.75 Å². The number of hydrogen-bond acceptors (Lipinski definition) is 8. The molecule has 1 heterocycles. The molecule has 4 N–H and O–H groups in total. The molecule has 0 bridgehead atoms. The Hall–Kier alpha value is -2.33. The number of ether oxygens (including phenoxy) is 3. The highest BCUT2D eigenvalue weighted by Crippen LogP contribution is 2.22. The van der Waals surface area contributed by atoms with E-state index in [2.05, 4.69) is 0 Å². The summed E-state index contributed by atoms with van der Waals surface area (Å²) in [5.41, 5.74) is 1.39. The van der Waals surface area contributed by atoms with Crippen LogP contribution in [0.25, 0.3) is 0 Å². The first-order valence-electron chi connectivity index (χ1n) is 9.21. The molecule has 8 heteroatoms. The number of Topliss-reactive ketones (excluding diaryl/α,β-unsaturated/α-hetero) is 1. The number of rotatable bonds is 8. The zero-order valence-electron chi connectivity index (χ0n) is 15.6. The van der Waals surface area contributed by atoms with Gasteiger partial charge in [0.2, 0.25) is 0 Å². The molecule has 0 spiro atoms. The van der Waals surface area contributed by atoms with Crippen LogP contribution in [-0.4, -0.2) is 70.1 Å². The molecule has 0 unspecified atom stereocenters. The van der Waals surface area contributed by atoms with Gasteiger partial charge < -0.3 is 34.6 Å². The normalized spacial score (nSPS) is 26.8. The average Bonchev–Trinajstić information content (AvgIpc) is 2.75. The first-order chi connectivity index (χ1) is 14.0. The topological polar surface area (TPSA) is 126 Å². The van der Waals surface area contributed by atoms with E-state index >= 15 is 0 Å². The summed E-state index contributed by atoms with van der Waals surface area (Å²) in [5.74, 6) is 0.230. The Balaban J connectivity index is 1.51. The highest BCUT2D eigenvalue weighted by atomic mass is 16.7. The van der Waals surface area contributed by atoms with Crippen molar-refractivity contribution in [1.82, 2.24) is 0 Å². The van der Waals surface area contributed by atoms with Gasteiger partial charge in [-0.2, -0.15) is 0 Å². The third kappa shape index (κ3) is 5.39. The van der Waals surface area contributed by atoms with Gasteiger partial charge in [-0.1, -0.05) is 30.3 Å². The molecule has 0 aromatic heterocycles. The van der Waals surface area contributed by atoms with Crippen molar-refractivity contribution in [1.29, 1.82) is 0 Å². The van der Waals surface area contributed by atoms with Crippen LogP contribution in [0.3, 0.4) is 0 Å². The Labute approximate surface area is 167 Å². The van der Waals surface area contributed by atoms with Crippen LogP contribution < -0.4 is 4.74 Å². The minimum Gasteiger partial charge on any atom is -0.489 e. The fourth-order valence-electron chi connectivity index (χ4n) is 2.99. The average molecular weight is 404 g/mol. The third-order valence-corrected chi connectivity index (χ3v) is 4.67. The van der Waals surface area contributed by atoms with Crippen molar-refractivity contribution in [3.63, 3.8) is 0 Å². The standard InChI is InChI=1S/C21H24O8/c22-10-17-18(24)19(25)20(21(26)29-17)28-12-16(23)14-6-8-15(9-7-14)27-11-13-4-2-1-3-5-13/h1-9,17-22,24-26H,10-12H2/t17-,18+,19+,20-,21+/m1/s1. The van der Waals surface area contributed by atoms with E-state index in [1.165, 1.54) is 0 Å². The van der Waals surface area contributed by atoms with Crippen LogP contribution >= 0.6 is 0 Å². The lowest BCUT2D eigenvalue weighted by Crippen LogP contribution is -2.59. The summed E-state index contributed by atoms with van der Waals surface area (Å²) in [4.78, 5) is 12.3. The van der Waals surface area contributed by atoms with Crippen LogP contribution in [-0.2, 0) is 16.1 Å². The van der Waals surface area contributed by atoms with Gasteiger partial charge in [0, 0.05) is 5.56 Å². The second-order valence-corrected chi connectivity index (χ2v) is 6.73. The molecule has 0 amide bonds. The largest absolute Gasteiger partial charge is 0.489 e. The summed E-state index contributed by atoms with van der Waals surface area (Å²) in [5, 5.41) is 38.8. The van der Waals surface area contributed by atoms with Crippen LogP contribution in [0.2, 0.25) is 0 Å². The summed E-state index contributed by atoms with van der Waals surface area (Å²) in [6.07, 6.45) is -6.96. The van der Waals surface area contributed by atoms with Crippen molar-refractivity contribution in [3.05, 3.63) is 65.7 Å². The van der Waals surface area contributed by atoms with E-state index < -0.39 is 43.9 Å². The number of aliphatic hydroxyl groups excluding tert-OH is 4. The molecule has 0 aliphatic carbocycles. The molecular weight excluding hydrogens is 380 g/mol. The Bertz CT molecular complexity index is 779. The number of hydrogen-bond donors (Lipinski definition) is 4. The molecule has 2 aromatic carbocycles. The summed E-state index contributed by atoms with van der Waals surface area (Å²) in [6, 6.07) is 16.2. The smallest absolute Gasteiger partial charge is 0.188 e. The fraction of sp³-hybridized carbons (Fsp3) is 0.381. The first-order valence-corrected chi connectivity index (χ1v) is 9.21. The molecule has 1 saturated heterocycles. The van der Waals surface area contributed by atoms with Crippen LogP contribution in [0.15, 0.2) is 54.6 Å². The lowest BCUT2D eigenvalue weighted by molar-refractivity contribution is -0.294. The number of aliphatic hydroxyl groups is 4. The van der Waals surface area contributed by atoms with Gasteiger partial charge in [-0.3, -0.25) is 4.79 Å². The fourth-order valence-corrected chi connectivity index (χ4v) is 2.99. The van der Waals surface area contributed by atoms with E-state index in [0.717, 1.165) is 5.56 Å². The molecule has 156 valence electrons. The second-order valence-electron chi connectivity index (χ2n) is 6.73. The highest BCUT2D eigenvalue weighted by Gasteiger charge is 2.44. The van der Waals surface area contributed by atoms with Gasteiger partial charge >= 0.3 is 0 Å². The number of carbonyl (C=O) groups is 1. The van der Waals surface area contributed by atoms with Gasteiger partial charge in [0.1, 0.15) is 43.4 Å². The molecule has 5 atom stereocenters. The van der Waals surface area contributed by atoms with E-state index in [9.17, 15) is 20.1 Å². The molecule has 0 radical (unpaired) electrons. The minimum atomic E-state index is -1.58. The van der Waals surface area contributed by atoms with Crippen molar-refractivity contribution in [2.45, 2.75) is 37.3 Å². The SMILES string of the molecule is O=C(CO[C@@H]1[C@@H](O)[C@@H](O)[C@@H](CO)O[C@@H]1O)c1ccc(OCc2ccccc2)cc1. The van der Waals surface area contributed by atoms with Gasteiger partial charge in [-0.25, -0.2) is 0 Å².